The monoisotopic (exact) mass is 662 g/mol. The molecular formula is C44H50N2Si2+2. The summed E-state index contributed by atoms with van der Waals surface area (Å²) in [5.74, 6) is 0. The minimum atomic E-state index is -1.59. The zero-order chi connectivity index (χ0) is 34.3. The van der Waals surface area contributed by atoms with Gasteiger partial charge in [0.2, 0.25) is 12.4 Å². The minimum absolute atomic E-state index is 0.175. The van der Waals surface area contributed by atoms with Crippen LogP contribution in [-0.4, -0.2) is 16.1 Å². The van der Waals surface area contributed by atoms with Crippen LogP contribution in [0.25, 0.3) is 44.4 Å². The van der Waals surface area contributed by atoms with Crippen LogP contribution in [0.15, 0.2) is 103 Å². The number of fused-ring (bicyclic) bond motifs is 5. The molecule has 7 rings (SSSR count). The van der Waals surface area contributed by atoms with Gasteiger partial charge in [-0.25, -0.2) is 0 Å². The van der Waals surface area contributed by atoms with Gasteiger partial charge in [0.1, 0.15) is 0 Å². The van der Waals surface area contributed by atoms with E-state index in [4.69, 9.17) is 0 Å². The van der Waals surface area contributed by atoms with E-state index in [1.54, 1.807) is 0 Å². The topological polar surface area (TPSA) is 7.76 Å². The molecule has 1 aliphatic rings. The number of rotatable bonds is 5. The molecule has 0 radical (unpaired) electrons. The second kappa shape index (κ2) is 11.2. The summed E-state index contributed by atoms with van der Waals surface area (Å²) in [7, 11) is -3.12. The Kier molecular flexibility index (Phi) is 7.58. The average Bonchev–Trinajstić information content (AvgIpc) is 3.26. The molecule has 0 saturated carbocycles. The Morgan fingerprint density at radius 2 is 1.12 bits per heavy atom. The fourth-order valence-electron chi connectivity index (χ4n) is 7.89. The van der Waals surface area contributed by atoms with Crippen LogP contribution in [0.3, 0.4) is 0 Å². The molecule has 0 amide bonds. The number of hydrogen-bond donors (Lipinski definition) is 0. The predicted octanol–water partition coefficient (Wildman–Crippen LogP) is 9.38. The van der Waals surface area contributed by atoms with E-state index in [1.807, 2.05) is 0 Å². The molecule has 242 valence electrons. The maximum Gasteiger partial charge on any atom is 0.285 e. The standard InChI is InChI=1S/C44H50N2Si2/c1-29-22-24-46(45-25-23-34(48(9,10)11)28-39(45)38-27-33(47(6,7)8)19-16-30(38)2)40(26-29)41-31(3)17-20-37-36-21-18-32-14-12-13-15-35(32)42(36)44(4,5)43(37)41/h12-28H,1-11H3/q+2. The minimum Gasteiger partial charge on any atom is -0.0656 e. The van der Waals surface area contributed by atoms with E-state index in [-0.39, 0.29) is 5.41 Å². The van der Waals surface area contributed by atoms with Gasteiger partial charge in [0, 0.05) is 29.7 Å². The van der Waals surface area contributed by atoms with Crippen molar-refractivity contribution < 1.29 is 9.35 Å². The number of benzene rings is 4. The van der Waals surface area contributed by atoms with Crippen LogP contribution in [0, 0.1) is 20.8 Å². The summed E-state index contributed by atoms with van der Waals surface area (Å²) in [5, 5.41) is 5.62. The van der Waals surface area contributed by atoms with Crippen molar-refractivity contribution in [2.75, 3.05) is 0 Å². The molecule has 0 fully saturated rings. The Morgan fingerprint density at radius 1 is 0.521 bits per heavy atom. The molecule has 2 aromatic heterocycles. The molecule has 0 atom stereocenters. The van der Waals surface area contributed by atoms with Gasteiger partial charge in [-0.1, -0.05) is 119 Å². The van der Waals surface area contributed by atoms with E-state index in [1.165, 1.54) is 82.6 Å². The van der Waals surface area contributed by atoms with E-state index in [2.05, 4.69) is 187 Å². The summed E-state index contributed by atoms with van der Waals surface area (Å²) in [6, 6.07) is 35.0. The highest BCUT2D eigenvalue weighted by Crippen LogP contribution is 2.54. The first-order valence-corrected chi connectivity index (χ1v) is 24.4. The van der Waals surface area contributed by atoms with Crippen LogP contribution in [0.1, 0.15) is 41.7 Å². The van der Waals surface area contributed by atoms with Gasteiger partial charge in [-0.3, -0.25) is 0 Å². The fraction of sp³-hybridized carbons (Fsp3) is 0.273. The normalized spacial score (nSPS) is 13.9. The lowest BCUT2D eigenvalue weighted by Crippen LogP contribution is -2.69. The van der Waals surface area contributed by atoms with Crippen LogP contribution < -0.4 is 19.7 Å². The van der Waals surface area contributed by atoms with E-state index in [0.29, 0.717) is 0 Å². The van der Waals surface area contributed by atoms with Gasteiger partial charge in [-0.05, 0) is 81.7 Å². The Bertz CT molecular complexity index is 2260. The lowest BCUT2D eigenvalue weighted by atomic mass is 9.77. The Labute approximate surface area is 289 Å². The Balaban J connectivity index is 1.54. The van der Waals surface area contributed by atoms with Gasteiger partial charge < -0.3 is 0 Å². The third-order valence-electron chi connectivity index (χ3n) is 10.6. The molecular weight excluding hydrogens is 613 g/mol. The molecule has 6 aromatic rings. The van der Waals surface area contributed by atoms with Crippen LogP contribution in [0.5, 0.6) is 0 Å². The van der Waals surface area contributed by atoms with Gasteiger partial charge in [0.15, 0.2) is 0 Å². The highest BCUT2D eigenvalue weighted by Gasteiger charge is 2.42. The zero-order valence-corrected chi connectivity index (χ0v) is 32.7. The van der Waals surface area contributed by atoms with Crippen molar-refractivity contribution in [2.45, 2.75) is 79.3 Å². The molecule has 0 N–H and O–H groups in total. The number of aryl methyl sites for hydroxylation is 3. The third kappa shape index (κ3) is 5.21. The molecule has 0 aliphatic heterocycles. The number of aromatic nitrogens is 2. The van der Waals surface area contributed by atoms with Crippen LogP contribution in [0.4, 0.5) is 0 Å². The molecule has 2 nitrogen and oxygen atoms in total. The largest absolute Gasteiger partial charge is 0.285 e. The molecule has 48 heavy (non-hydrogen) atoms. The Hall–Kier alpha value is -4.13. The lowest BCUT2D eigenvalue weighted by Gasteiger charge is -2.25. The third-order valence-corrected chi connectivity index (χ3v) is 14.7. The highest BCUT2D eigenvalue weighted by molar-refractivity contribution is 6.89. The molecule has 0 bridgehead atoms. The van der Waals surface area contributed by atoms with Crippen molar-refractivity contribution in [3.63, 3.8) is 0 Å². The quantitative estimate of drug-likeness (QED) is 0.128. The van der Waals surface area contributed by atoms with Gasteiger partial charge in [0.25, 0.3) is 11.4 Å². The molecule has 1 aliphatic carbocycles. The van der Waals surface area contributed by atoms with Gasteiger partial charge in [-0.15, -0.1) is 0 Å². The number of hydrogen-bond acceptors (Lipinski definition) is 0. The van der Waals surface area contributed by atoms with Crippen molar-refractivity contribution in [2.24, 2.45) is 0 Å². The zero-order valence-electron chi connectivity index (χ0n) is 30.7. The number of pyridine rings is 2. The first kappa shape index (κ1) is 32.4. The summed E-state index contributed by atoms with van der Waals surface area (Å²) in [6.07, 6.45) is 4.61. The SMILES string of the molecule is Cc1cc[n+](-[n+]2ccc([Si](C)(C)C)cc2-c2cc([Si](C)(C)C)ccc2C)c(-c2c(C)ccc3c2C(C)(C)c2c-3ccc3ccccc23)c1. The fourth-order valence-corrected chi connectivity index (χ4v) is 10.2. The van der Waals surface area contributed by atoms with Crippen LogP contribution in [0.2, 0.25) is 39.3 Å². The number of nitrogens with zero attached hydrogens (tertiary/aromatic N) is 2. The maximum absolute atomic E-state index is 2.49. The lowest BCUT2D eigenvalue weighted by molar-refractivity contribution is -1.29. The van der Waals surface area contributed by atoms with E-state index in [0.717, 1.165) is 0 Å². The molecule has 0 unspecified atom stereocenters. The first-order valence-electron chi connectivity index (χ1n) is 17.4. The summed E-state index contributed by atoms with van der Waals surface area (Å²) < 4.78 is 4.83. The van der Waals surface area contributed by atoms with E-state index >= 15 is 0 Å². The Morgan fingerprint density at radius 3 is 1.85 bits per heavy atom. The first-order chi connectivity index (χ1) is 22.6. The molecule has 4 heteroatoms. The maximum atomic E-state index is 2.49. The van der Waals surface area contributed by atoms with Crippen molar-refractivity contribution in [1.82, 2.24) is 0 Å². The van der Waals surface area contributed by atoms with Crippen LogP contribution >= 0.6 is 0 Å². The molecule has 0 saturated heterocycles. The van der Waals surface area contributed by atoms with Gasteiger partial charge >= 0.3 is 0 Å². The average molecular weight is 663 g/mol. The summed E-state index contributed by atoms with van der Waals surface area (Å²) in [5.41, 5.74) is 14.4. The second-order valence-electron chi connectivity index (χ2n) is 16.6. The summed E-state index contributed by atoms with van der Waals surface area (Å²) in [4.78, 5) is 0. The van der Waals surface area contributed by atoms with Gasteiger partial charge in [0.05, 0.1) is 36.6 Å². The van der Waals surface area contributed by atoms with Crippen molar-refractivity contribution in [1.29, 1.82) is 0 Å². The summed E-state index contributed by atoms with van der Waals surface area (Å²) in [6.45, 7) is 26.3. The molecule has 2 heterocycles. The highest BCUT2D eigenvalue weighted by atomic mass is 28.3. The van der Waals surface area contributed by atoms with E-state index in [9.17, 15) is 0 Å². The van der Waals surface area contributed by atoms with Crippen molar-refractivity contribution in [3.05, 3.63) is 131 Å². The predicted molar refractivity (Wildman–Crippen MR) is 210 cm³/mol. The molecule has 0 spiro atoms. The smallest absolute Gasteiger partial charge is 0.0656 e. The van der Waals surface area contributed by atoms with Crippen molar-refractivity contribution in [3.8, 4) is 33.6 Å². The van der Waals surface area contributed by atoms with Crippen LogP contribution in [-0.2, 0) is 5.41 Å². The summed E-state index contributed by atoms with van der Waals surface area (Å²) >= 11 is 0. The van der Waals surface area contributed by atoms with Gasteiger partial charge in [-0.2, -0.15) is 0 Å². The second-order valence-corrected chi connectivity index (χ2v) is 26.8. The van der Waals surface area contributed by atoms with E-state index < -0.39 is 16.1 Å². The van der Waals surface area contributed by atoms with Crippen molar-refractivity contribution >= 4 is 37.3 Å². The molecule has 4 aromatic carbocycles.